The highest BCUT2D eigenvalue weighted by molar-refractivity contribution is 5.87. The number of pyridine rings is 1. The van der Waals surface area contributed by atoms with Gasteiger partial charge in [-0.2, -0.15) is 0 Å². The molecular formula is C13H15NO2. The molecule has 1 fully saturated rings. The van der Waals surface area contributed by atoms with Gasteiger partial charge in [0.25, 0.3) is 0 Å². The molecule has 2 rings (SSSR count). The van der Waals surface area contributed by atoms with E-state index in [9.17, 15) is 4.79 Å². The fourth-order valence-electron chi connectivity index (χ4n) is 1.53. The largest absolute Gasteiger partial charge is 0.463 e. The number of esters is 1. The van der Waals surface area contributed by atoms with E-state index in [4.69, 9.17) is 4.74 Å². The summed E-state index contributed by atoms with van der Waals surface area (Å²) < 4.78 is 4.81. The normalized spacial score (nSPS) is 15.3. The molecule has 0 saturated heterocycles. The van der Waals surface area contributed by atoms with E-state index in [0.29, 0.717) is 12.5 Å². The second-order valence-electron chi connectivity index (χ2n) is 3.87. The van der Waals surface area contributed by atoms with Gasteiger partial charge in [0.05, 0.1) is 6.61 Å². The first-order valence-electron chi connectivity index (χ1n) is 5.60. The van der Waals surface area contributed by atoms with E-state index in [1.165, 1.54) is 18.9 Å². The Bertz CT molecular complexity index is 408. The zero-order valence-corrected chi connectivity index (χ0v) is 9.35. The highest BCUT2D eigenvalue weighted by Gasteiger charge is 2.24. The monoisotopic (exact) mass is 217 g/mol. The molecule has 16 heavy (non-hydrogen) atoms. The first-order chi connectivity index (χ1) is 7.79. The fraction of sp³-hybridized carbons (Fsp3) is 0.385. The van der Waals surface area contributed by atoms with Crippen LogP contribution in [-0.2, 0) is 9.53 Å². The highest BCUT2D eigenvalue weighted by atomic mass is 16.5. The van der Waals surface area contributed by atoms with Crippen LogP contribution in [0, 0.1) is 0 Å². The number of rotatable bonds is 4. The van der Waals surface area contributed by atoms with E-state index >= 15 is 0 Å². The highest BCUT2D eigenvalue weighted by Crippen LogP contribution is 2.38. The van der Waals surface area contributed by atoms with Gasteiger partial charge in [-0.1, -0.05) is 0 Å². The topological polar surface area (TPSA) is 39.2 Å². The second kappa shape index (κ2) is 4.92. The van der Waals surface area contributed by atoms with Crippen LogP contribution in [0.2, 0.25) is 0 Å². The maximum absolute atomic E-state index is 11.1. The molecule has 0 aromatic carbocycles. The molecule has 0 atom stereocenters. The van der Waals surface area contributed by atoms with Crippen molar-refractivity contribution < 1.29 is 9.53 Å². The molecule has 0 radical (unpaired) electrons. The zero-order chi connectivity index (χ0) is 11.4. The Kier molecular flexibility index (Phi) is 3.34. The number of hydrogen-bond acceptors (Lipinski definition) is 3. The molecule has 0 spiro atoms. The second-order valence-corrected chi connectivity index (χ2v) is 3.87. The summed E-state index contributed by atoms with van der Waals surface area (Å²) in [5.41, 5.74) is 2.14. The lowest BCUT2D eigenvalue weighted by Crippen LogP contribution is -1.98. The Balaban J connectivity index is 2.03. The molecule has 1 aromatic rings. The van der Waals surface area contributed by atoms with Crippen molar-refractivity contribution in [1.29, 1.82) is 0 Å². The quantitative estimate of drug-likeness (QED) is 0.574. The van der Waals surface area contributed by atoms with Crippen LogP contribution >= 0.6 is 0 Å². The van der Waals surface area contributed by atoms with Gasteiger partial charge in [0.1, 0.15) is 0 Å². The summed E-state index contributed by atoms with van der Waals surface area (Å²) in [6, 6.07) is 3.93. The Labute approximate surface area is 95.2 Å². The minimum Gasteiger partial charge on any atom is -0.463 e. The Morgan fingerprint density at radius 3 is 3.12 bits per heavy atom. The SMILES string of the molecule is CCOC(=O)/C=C\c1ccnc(C2CC2)c1. The summed E-state index contributed by atoms with van der Waals surface area (Å²) in [7, 11) is 0. The molecule has 0 amide bonds. The molecule has 0 bridgehead atoms. The van der Waals surface area contributed by atoms with Gasteiger partial charge in [-0.15, -0.1) is 0 Å². The molecule has 1 saturated carbocycles. The first kappa shape index (κ1) is 10.9. The maximum atomic E-state index is 11.1. The third-order valence-electron chi connectivity index (χ3n) is 2.50. The summed E-state index contributed by atoms with van der Waals surface area (Å²) in [6.45, 7) is 2.20. The van der Waals surface area contributed by atoms with Crippen LogP contribution in [0.5, 0.6) is 0 Å². The molecule has 1 aromatic heterocycles. The Morgan fingerprint density at radius 2 is 2.44 bits per heavy atom. The number of carbonyl (C=O) groups is 1. The van der Waals surface area contributed by atoms with Gasteiger partial charge in [-0.05, 0) is 43.5 Å². The van der Waals surface area contributed by atoms with E-state index in [-0.39, 0.29) is 5.97 Å². The van der Waals surface area contributed by atoms with Gasteiger partial charge >= 0.3 is 5.97 Å². The maximum Gasteiger partial charge on any atom is 0.330 e. The summed E-state index contributed by atoms with van der Waals surface area (Å²) in [6.07, 6.45) is 7.48. The van der Waals surface area contributed by atoms with Crippen molar-refractivity contribution in [2.75, 3.05) is 6.61 Å². The Morgan fingerprint density at radius 1 is 1.62 bits per heavy atom. The predicted molar refractivity (Wildman–Crippen MR) is 61.9 cm³/mol. The summed E-state index contributed by atoms with van der Waals surface area (Å²) >= 11 is 0. The summed E-state index contributed by atoms with van der Waals surface area (Å²) in [5.74, 6) is 0.336. The van der Waals surface area contributed by atoms with Crippen LogP contribution in [0.4, 0.5) is 0 Å². The molecule has 3 heteroatoms. The number of aromatic nitrogens is 1. The fourth-order valence-corrected chi connectivity index (χ4v) is 1.53. The predicted octanol–water partition coefficient (Wildman–Crippen LogP) is 2.54. The van der Waals surface area contributed by atoms with Gasteiger partial charge in [0.15, 0.2) is 0 Å². The van der Waals surface area contributed by atoms with Crippen molar-refractivity contribution in [1.82, 2.24) is 4.98 Å². The summed E-state index contributed by atoms with van der Waals surface area (Å²) in [4.78, 5) is 15.4. The zero-order valence-electron chi connectivity index (χ0n) is 9.35. The van der Waals surface area contributed by atoms with Crippen LogP contribution in [0.25, 0.3) is 6.08 Å². The van der Waals surface area contributed by atoms with Crippen LogP contribution in [0.3, 0.4) is 0 Å². The van der Waals surface area contributed by atoms with Crippen molar-refractivity contribution in [3.05, 3.63) is 35.7 Å². The minimum atomic E-state index is -0.299. The third kappa shape index (κ3) is 2.92. The Hall–Kier alpha value is -1.64. The van der Waals surface area contributed by atoms with Crippen LogP contribution in [-0.4, -0.2) is 17.6 Å². The molecule has 1 aliphatic rings. The van der Waals surface area contributed by atoms with Crippen molar-refractivity contribution in [3.63, 3.8) is 0 Å². The van der Waals surface area contributed by atoms with Crippen LogP contribution in [0.15, 0.2) is 24.4 Å². The number of ether oxygens (including phenoxy) is 1. The molecule has 0 unspecified atom stereocenters. The smallest absolute Gasteiger partial charge is 0.330 e. The molecule has 84 valence electrons. The van der Waals surface area contributed by atoms with Crippen molar-refractivity contribution in [2.45, 2.75) is 25.7 Å². The van der Waals surface area contributed by atoms with E-state index in [1.54, 1.807) is 19.2 Å². The van der Waals surface area contributed by atoms with Crippen molar-refractivity contribution in [2.24, 2.45) is 0 Å². The average Bonchev–Trinajstić information content (AvgIpc) is 3.11. The number of carbonyl (C=O) groups excluding carboxylic acids is 1. The molecular weight excluding hydrogens is 202 g/mol. The molecule has 0 aliphatic heterocycles. The van der Waals surface area contributed by atoms with Crippen molar-refractivity contribution >= 4 is 12.0 Å². The standard InChI is InChI=1S/C13H15NO2/c1-2-16-13(15)6-3-10-7-8-14-12(9-10)11-4-5-11/h3,6-9,11H,2,4-5H2,1H3/b6-3-. The minimum absolute atomic E-state index is 0.299. The molecule has 1 aliphatic carbocycles. The van der Waals surface area contributed by atoms with E-state index in [0.717, 1.165) is 11.3 Å². The van der Waals surface area contributed by atoms with E-state index in [1.807, 2.05) is 12.1 Å². The van der Waals surface area contributed by atoms with Gasteiger partial charge in [-0.25, -0.2) is 4.79 Å². The van der Waals surface area contributed by atoms with E-state index < -0.39 is 0 Å². The van der Waals surface area contributed by atoms with E-state index in [2.05, 4.69) is 4.98 Å². The third-order valence-corrected chi connectivity index (χ3v) is 2.50. The molecule has 3 nitrogen and oxygen atoms in total. The van der Waals surface area contributed by atoms with Crippen LogP contribution < -0.4 is 0 Å². The first-order valence-corrected chi connectivity index (χ1v) is 5.60. The lowest BCUT2D eigenvalue weighted by Gasteiger charge is -1.99. The number of hydrogen-bond donors (Lipinski definition) is 0. The van der Waals surface area contributed by atoms with Gasteiger partial charge in [0, 0.05) is 23.9 Å². The summed E-state index contributed by atoms with van der Waals surface area (Å²) in [5, 5.41) is 0. The van der Waals surface area contributed by atoms with Crippen molar-refractivity contribution in [3.8, 4) is 0 Å². The lowest BCUT2D eigenvalue weighted by atomic mass is 10.1. The van der Waals surface area contributed by atoms with Crippen LogP contribution in [0.1, 0.15) is 36.9 Å². The van der Waals surface area contributed by atoms with Gasteiger partial charge in [-0.3, -0.25) is 4.98 Å². The number of nitrogens with zero attached hydrogens (tertiary/aromatic N) is 1. The lowest BCUT2D eigenvalue weighted by molar-refractivity contribution is -0.137. The van der Waals surface area contributed by atoms with Gasteiger partial charge in [0.2, 0.25) is 0 Å². The average molecular weight is 217 g/mol. The molecule has 0 N–H and O–H groups in total. The van der Waals surface area contributed by atoms with Gasteiger partial charge < -0.3 is 4.74 Å². The molecule has 1 heterocycles.